The van der Waals surface area contributed by atoms with Crippen LogP contribution in [0.25, 0.3) is 0 Å². The van der Waals surface area contributed by atoms with Crippen molar-refractivity contribution in [3.05, 3.63) is 30.3 Å². The van der Waals surface area contributed by atoms with Gasteiger partial charge in [-0.1, -0.05) is 18.2 Å². The van der Waals surface area contributed by atoms with E-state index in [9.17, 15) is 9.59 Å². The monoisotopic (exact) mass is 291 g/mol. The number of carbonyl (C=O) groups excluding carboxylic acids is 2. The summed E-state index contributed by atoms with van der Waals surface area (Å²) in [5.41, 5.74) is 0.681. The van der Waals surface area contributed by atoms with Gasteiger partial charge in [-0.3, -0.25) is 9.59 Å². The van der Waals surface area contributed by atoms with Crippen LogP contribution in [0.4, 0.5) is 5.69 Å². The first-order chi connectivity index (χ1) is 9.69. The maximum atomic E-state index is 12.1. The van der Waals surface area contributed by atoms with E-state index < -0.39 is 0 Å². The number of carbonyl (C=O) groups is 2. The molecule has 5 heteroatoms. The van der Waals surface area contributed by atoms with Gasteiger partial charge in [0.25, 0.3) is 0 Å². The number of anilines is 1. The Bertz CT molecular complexity index is 480. The Hall–Kier alpha value is -2.04. The highest BCUT2D eigenvalue weighted by Gasteiger charge is 2.18. The van der Waals surface area contributed by atoms with E-state index in [0.29, 0.717) is 0 Å². The van der Waals surface area contributed by atoms with Crippen LogP contribution in [0.3, 0.4) is 0 Å². The summed E-state index contributed by atoms with van der Waals surface area (Å²) in [6.07, 6.45) is 0. The average molecular weight is 291 g/mol. The number of nitrogens with one attached hydrogen (secondary N) is 1. The van der Waals surface area contributed by atoms with E-state index in [2.05, 4.69) is 5.32 Å². The fourth-order valence-electron chi connectivity index (χ4n) is 1.86. The van der Waals surface area contributed by atoms with Gasteiger partial charge in [-0.25, -0.2) is 0 Å². The van der Waals surface area contributed by atoms with Gasteiger partial charge in [0.05, 0.1) is 13.1 Å². The summed E-state index contributed by atoms with van der Waals surface area (Å²) >= 11 is 0. The fourth-order valence-corrected chi connectivity index (χ4v) is 1.86. The average Bonchev–Trinajstić information content (AvgIpc) is 2.37. The smallest absolute Gasteiger partial charge is 0.242 e. The van der Waals surface area contributed by atoms with Crippen LogP contribution in [0.1, 0.15) is 20.8 Å². The van der Waals surface area contributed by atoms with Gasteiger partial charge in [-0.05, 0) is 32.9 Å². The highest BCUT2D eigenvalue weighted by Crippen LogP contribution is 2.10. The molecule has 0 fully saturated rings. The van der Waals surface area contributed by atoms with Gasteiger partial charge in [0.15, 0.2) is 0 Å². The van der Waals surface area contributed by atoms with Crippen LogP contribution in [-0.4, -0.2) is 49.4 Å². The highest BCUT2D eigenvalue weighted by molar-refractivity contribution is 5.87. The topological polar surface area (TPSA) is 52.7 Å². The van der Waals surface area contributed by atoms with E-state index in [0.717, 1.165) is 5.69 Å². The van der Waals surface area contributed by atoms with Crippen molar-refractivity contribution >= 4 is 17.5 Å². The fraction of sp³-hybridized carbons (Fsp3) is 0.500. The van der Waals surface area contributed by atoms with Crippen molar-refractivity contribution in [1.82, 2.24) is 10.2 Å². The molecule has 0 aliphatic carbocycles. The van der Waals surface area contributed by atoms with Gasteiger partial charge in [0.1, 0.15) is 0 Å². The summed E-state index contributed by atoms with van der Waals surface area (Å²) in [6.45, 7) is 6.05. The second-order valence-electron chi connectivity index (χ2n) is 6.24. The summed E-state index contributed by atoms with van der Waals surface area (Å²) in [4.78, 5) is 27.2. The van der Waals surface area contributed by atoms with Gasteiger partial charge in [0, 0.05) is 25.3 Å². The number of nitrogens with zero attached hydrogens (tertiary/aromatic N) is 2. The molecule has 0 aliphatic rings. The van der Waals surface area contributed by atoms with Crippen LogP contribution >= 0.6 is 0 Å². The van der Waals surface area contributed by atoms with Gasteiger partial charge in [-0.15, -0.1) is 0 Å². The van der Waals surface area contributed by atoms with Gasteiger partial charge in [0.2, 0.25) is 11.8 Å². The lowest BCUT2D eigenvalue weighted by molar-refractivity contribution is -0.134. The van der Waals surface area contributed by atoms with Crippen molar-refractivity contribution in [3.8, 4) is 0 Å². The Balaban J connectivity index is 2.50. The largest absolute Gasteiger partial charge is 0.365 e. The maximum absolute atomic E-state index is 12.1. The normalized spacial score (nSPS) is 10.9. The van der Waals surface area contributed by atoms with Crippen LogP contribution in [0.15, 0.2) is 30.3 Å². The first-order valence-electron chi connectivity index (χ1n) is 7.00. The molecule has 0 spiro atoms. The third-order valence-electron chi connectivity index (χ3n) is 2.89. The zero-order valence-corrected chi connectivity index (χ0v) is 13.5. The molecule has 0 unspecified atom stereocenters. The number of hydrogen-bond donors (Lipinski definition) is 1. The minimum atomic E-state index is -0.290. The number of likely N-dealkylation sites (N-methyl/N-ethyl adjacent to an activating group) is 2. The summed E-state index contributed by atoms with van der Waals surface area (Å²) in [6, 6.07) is 9.68. The summed E-state index contributed by atoms with van der Waals surface area (Å²) in [5, 5.41) is 2.84. The van der Waals surface area contributed by atoms with Crippen molar-refractivity contribution in [2.75, 3.05) is 32.1 Å². The molecule has 0 bridgehead atoms. The molecule has 0 saturated carbocycles. The van der Waals surface area contributed by atoms with E-state index in [1.54, 1.807) is 7.05 Å². The minimum absolute atomic E-state index is 0.0682. The second-order valence-corrected chi connectivity index (χ2v) is 6.24. The van der Waals surface area contributed by atoms with E-state index in [-0.39, 0.29) is 30.4 Å². The van der Waals surface area contributed by atoms with E-state index >= 15 is 0 Å². The van der Waals surface area contributed by atoms with Crippen LogP contribution in [0.2, 0.25) is 0 Å². The molecule has 1 aromatic carbocycles. The molecular formula is C16H25N3O2. The molecule has 2 amide bonds. The SMILES string of the molecule is CN(CC(=O)NC(C)(C)C)C(=O)CN(C)c1ccccc1. The molecule has 1 rings (SSSR count). The third-order valence-corrected chi connectivity index (χ3v) is 2.89. The minimum Gasteiger partial charge on any atom is -0.365 e. The Morgan fingerprint density at radius 2 is 1.62 bits per heavy atom. The molecule has 1 N–H and O–H groups in total. The summed E-state index contributed by atoms with van der Waals surface area (Å²) in [7, 11) is 3.50. The molecule has 0 aromatic heterocycles. The summed E-state index contributed by atoms with van der Waals surface area (Å²) < 4.78 is 0. The van der Waals surface area contributed by atoms with Gasteiger partial charge < -0.3 is 15.1 Å². The van der Waals surface area contributed by atoms with E-state index in [1.165, 1.54) is 4.90 Å². The van der Waals surface area contributed by atoms with E-state index in [4.69, 9.17) is 0 Å². The Labute approximate surface area is 126 Å². The molecular weight excluding hydrogens is 266 g/mol. The Kier molecular flexibility index (Phi) is 5.76. The van der Waals surface area contributed by atoms with Crippen molar-refractivity contribution in [3.63, 3.8) is 0 Å². The van der Waals surface area contributed by atoms with Crippen molar-refractivity contribution in [2.24, 2.45) is 0 Å². The first-order valence-corrected chi connectivity index (χ1v) is 7.00. The molecule has 0 radical (unpaired) electrons. The Morgan fingerprint density at radius 1 is 1.05 bits per heavy atom. The number of hydrogen-bond acceptors (Lipinski definition) is 3. The molecule has 1 aromatic rings. The van der Waals surface area contributed by atoms with Crippen LogP contribution in [0, 0.1) is 0 Å². The lowest BCUT2D eigenvalue weighted by atomic mass is 10.1. The standard InChI is InChI=1S/C16H25N3O2/c1-16(2,3)17-14(20)11-19(5)15(21)12-18(4)13-9-7-6-8-10-13/h6-10H,11-12H2,1-5H3,(H,17,20). The quantitative estimate of drug-likeness (QED) is 0.894. The van der Waals surface area contributed by atoms with Crippen molar-refractivity contribution in [1.29, 1.82) is 0 Å². The number of benzene rings is 1. The molecule has 21 heavy (non-hydrogen) atoms. The van der Waals surface area contributed by atoms with Gasteiger partial charge in [-0.2, -0.15) is 0 Å². The summed E-state index contributed by atoms with van der Waals surface area (Å²) in [5.74, 6) is -0.244. The third kappa shape index (κ3) is 6.29. The molecule has 5 nitrogen and oxygen atoms in total. The predicted molar refractivity (Wildman–Crippen MR) is 85.2 cm³/mol. The van der Waals surface area contributed by atoms with Crippen molar-refractivity contribution < 1.29 is 9.59 Å². The zero-order valence-electron chi connectivity index (χ0n) is 13.5. The Morgan fingerprint density at radius 3 is 2.14 bits per heavy atom. The molecule has 0 heterocycles. The zero-order chi connectivity index (χ0) is 16.0. The lowest BCUT2D eigenvalue weighted by Gasteiger charge is -2.25. The lowest BCUT2D eigenvalue weighted by Crippen LogP contribution is -2.47. The maximum Gasteiger partial charge on any atom is 0.242 e. The van der Waals surface area contributed by atoms with Crippen LogP contribution in [0.5, 0.6) is 0 Å². The second kappa shape index (κ2) is 7.11. The van der Waals surface area contributed by atoms with E-state index in [1.807, 2.05) is 63.1 Å². The number of rotatable bonds is 5. The number of para-hydroxylation sites is 1. The molecule has 0 aliphatic heterocycles. The predicted octanol–water partition coefficient (Wildman–Crippen LogP) is 1.50. The van der Waals surface area contributed by atoms with Crippen LogP contribution in [-0.2, 0) is 9.59 Å². The van der Waals surface area contributed by atoms with Gasteiger partial charge >= 0.3 is 0 Å². The highest BCUT2D eigenvalue weighted by atomic mass is 16.2. The first kappa shape index (κ1) is 17.0. The molecule has 116 valence electrons. The van der Waals surface area contributed by atoms with Crippen molar-refractivity contribution in [2.45, 2.75) is 26.3 Å². The molecule has 0 atom stereocenters. The van der Waals surface area contributed by atoms with Crippen LogP contribution < -0.4 is 10.2 Å². The number of amides is 2. The molecule has 0 saturated heterocycles.